The van der Waals surface area contributed by atoms with Crippen molar-refractivity contribution in [1.29, 1.82) is 0 Å². The number of nitrogens with one attached hydrogen (secondary N) is 1. The molecule has 2 amide bonds. The summed E-state index contributed by atoms with van der Waals surface area (Å²) in [5, 5.41) is 5.88. The fraction of sp³-hybridized carbons (Fsp3) is 0.154. The summed E-state index contributed by atoms with van der Waals surface area (Å²) in [5.41, 5.74) is 0.0589. The van der Waals surface area contributed by atoms with Crippen LogP contribution >= 0.6 is 0 Å². The van der Waals surface area contributed by atoms with Crippen molar-refractivity contribution >= 4 is 27.7 Å². The molecule has 0 radical (unpaired) electrons. The van der Waals surface area contributed by atoms with E-state index >= 15 is 0 Å². The topological polar surface area (TPSA) is 110 Å². The summed E-state index contributed by atoms with van der Waals surface area (Å²) < 4.78 is 30.0. The Hall–Kier alpha value is -2.68. The fourth-order valence-electron chi connectivity index (χ4n) is 2.20. The van der Waals surface area contributed by atoms with Crippen molar-refractivity contribution in [2.45, 2.75) is 17.9 Å². The molecular weight excluding hydrogens is 310 g/mol. The molecule has 0 fully saturated rings. The monoisotopic (exact) mass is 321 g/mol. The second-order valence-corrected chi connectivity index (χ2v) is 6.44. The molecule has 0 bridgehead atoms. The number of amides is 2. The Morgan fingerprint density at radius 3 is 2.68 bits per heavy atom. The molecule has 3 rings (SSSR count). The van der Waals surface area contributed by atoms with E-state index in [-0.39, 0.29) is 16.3 Å². The largest absolute Gasteiger partial charge is 0.363 e. The fourth-order valence-corrected chi connectivity index (χ4v) is 3.92. The van der Waals surface area contributed by atoms with Crippen LogP contribution < -0.4 is 5.32 Å². The van der Waals surface area contributed by atoms with Crippen LogP contribution in [-0.4, -0.2) is 35.7 Å². The SMILES string of the molecule is C[C@H](C(=O)Nc1ccon1)N1C(=O)c2ccccc2S1(=O)=O. The van der Waals surface area contributed by atoms with Crippen LogP contribution in [0.5, 0.6) is 0 Å². The molecule has 0 saturated heterocycles. The zero-order chi connectivity index (χ0) is 15.9. The Balaban J connectivity index is 1.92. The first-order valence-electron chi connectivity index (χ1n) is 6.32. The van der Waals surface area contributed by atoms with Crippen LogP contribution in [0, 0.1) is 0 Å². The Labute approximate surface area is 125 Å². The van der Waals surface area contributed by atoms with Gasteiger partial charge in [-0.25, -0.2) is 12.7 Å². The van der Waals surface area contributed by atoms with Crippen LogP contribution in [0.15, 0.2) is 46.0 Å². The van der Waals surface area contributed by atoms with Gasteiger partial charge in [-0.2, -0.15) is 0 Å². The third kappa shape index (κ3) is 2.06. The van der Waals surface area contributed by atoms with Gasteiger partial charge in [0.05, 0.1) is 5.56 Å². The van der Waals surface area contributed by atoms with Crippen molar-refractivity contribution in [3.63, 3.8) is 0 Å². The van der Waals surface area contributed by atoms with E-state index in [0.29, 0.717) is 4.31 Å². The smallest absolute Gasteiger partial charge is 0.269 e. The molecule has 2 aromatic rings. The highest BCUT2D eigenvalue weighted by molar-refractivity contribution is 7.90. The van der Waals surface area contributed by atoms with Crippen molar-refractivity contribution in [1.82, 2.24) is 9.46 Å². The number of carbonyl (C=O) groups excluding carboxylic acids is 2. The zero-order valence-corrected chi connectivity index (χ0v) is 12.2. The first-order chi connectivity index (χ1) is 10.4. The number of rotatable bonds is 3. The highest BCUT2D eigenvalue weighted by Crippen LogP contribution is 2.31. The number of carbonyl (C=O) groups is 2. The molecule has 1 aliphatic rings. The molecule has 1 atom stereocenters. The van der Waals surface area contributed by atoms with Gasteiger partial charge in [0.1, 0.15) is 17.2 Å². The van der Waals surface area contributed by atoms with Gasteiger partial charge in [0.25, 0.3) is 15.9 Å². The number of nitrogens with zero attached hydrogens (tertiary/aromatic N) is 2. The standard InChI is InChI=1S/C13H11N3O5S/c1-8(12(17)14-11-6-7-21-15-11)16-13(18)9-4-2-3-5-10(9)22(16,19)20/h2-8H,1H3,(H,14,15,17)/t8-/m1/s1. The van der Waals surface area contributed by atoms with E-state index < -0.39 is 27.9 Å². The predicted molar refractivity (Wildman–Crippen MR) is 74.4 cm³/mol. The molecule has 0 saturated carbocycles. The number of hydrogen-bond acceptors (Lipinski definition) is 6. The Morgan fingerprint density at radius 1 is 1.32 bits per heavy atom. The first kappa shape index (κ1) is 14.3. The Kier molecular flexibility index (Phi) is 3.21. The average molecular weight is 321 g/mol. The van der Waals surface area contributed by atoms with Crippen LogP contribution in [0.25, 0.3) is 0 Å². The molecule has 1 aromatic carbocycles. The van der Waals surface area contributed by atoms with Gasteiger partial charge in [-0.05, 0) is 19.1 Å². The highest BCUT2D eigenvalue weighted by Gasteiger charge is 2.45. The number of aromatic nitrogens is 1. The van der Waals surface area contributed by atoms with Crippen molar-refractivity contribution in [3.05, 3.63) is 42.2 Å². The highest BCUT2D eigenvalue weighted by atomic mass is 32.2. The van der Waals surface area contributed by atoms with Gasteiger partial charge in [0.2, 0.25) is 5.91 Å². The van der Waals surface area contributed by atoms with Crippen molar-refractivity contribution in [2.75, 3.05) is 5.32 Å². The summed E-state index contributed by atoms with van der Waals surface area (Å²) in [6.45, 7) is 1.33. The summed E-state index contributed by atoms with van der Waals surface area (Å²) in [6, 6.07) is 6.02. The van der Waals surface area contributed by atoms with Crippen molar-refractivity contribution in [3.8, 4) is 0 Å². The van der Waals surface area contributed by atoms with Gasteiger partial charge >= 0.3 is 0 Å². The van der Waals surface area contributed by atoms with Gasteiger partial charge < -0.3 is 9.84 Å². The Morgan fingerprint density at radius 2 is 2.05 bits per heavy atom. The molecule has 0 spiro atoms. The quantitative estimate of drug-likeness (QED) is 0.897. The summed E-state index contributed by atoms with van der Waals surface area (Å²) in [6.07, 6.45) is 1.26. The maximum Gasteiger partial charge on any atom is 0.269 e. The summed E-state index contributed by atoms with van der Waals surface area (Å²) in [5.74, 6) is -1.27. The molecular formula is C13H11N3O5S. The molecule has 0 unspecified atom stereocenters. The van der Waals surface area contributed by atoms with E-state index in [1.165, 1.54) is 37.5 Å². The molecule has 1 aliphatic heterocycles. The van der Waals surface area contributed by atoms with E-state index in [0.717, 1.165) is 0 Å². The minimum atomic E-state index is -4.04. The van der Waals surface area contributed by atoms with Gasteiger partial charge in [-0.1, -0.05) is 17.3 Å². The molecule has 2 heterocycles. The number of sulfonamides is 1. The predicted octanol–water partition coefficient (Wildman–Crippen LogP) is 0.846. The van der Waals surface area contributed by atoms with Gasteiger partial charge in [0, 0.05) is 6.07 Å². The second-order valence-electron chi connectivity index (χ2n) is 4.65. The lowest BCUT2D eigenvalue weighted by molar-refractivity contribution is -0.118. The first-order valence-corrected chi connectivity index (χ1v) is 7.76. The minimum absolute atomic E-state index is 0.0589. The van der Waals surface area contributed by atoms with Crippen LogP contribution in [0.4, 0.5) is 5.82 Å². The van der Waals surface area contributed by atoms with E-state index in [1.807, 2.05) is 0 Å². The molecule has 1 N–H and O–H groups in total. The molecule has 1 aromatic heterocycles. The second kappa shape index (κ2) is 4.95. The summed E-state index contributed by atoms with van der Waals surface area (Å²) in [4.78, 5) is 24.3. The van der Waals surface area contributed by atoms with Crippen LogP contribution in [0.1, 0.15) is 17.3 Å². The van der Waals surface area contributed by atoms with Gasteiger partial charge in [-0.3, -0.25) is 9.59 Å². The van der Waals surface area contributed by atoms with Gasteiger partial charge in [-0.15, -0.1) is 0 Å². The van der Waals surface area contributed by atoms with E-state index in [9.17, 15) is 18.0 Å². The van der Waals surface area contributed by atoms with Crippen molar-refractivity contribution < 1.29 is 22.5 Å². The molecule has 9 heteroatoms. The maximum atomic E-state index is 12.4. The number of fused-ring (bicyclic) bond motifs is 1. The average Bonchev–Trinajstić information content (AvgIpc) is 3.05. The van der Waals surface area contributed by atoms with E-state index in [2.05, 4.69) is 15.0 Å². The van der Waals surface area contributed by atoms with Crippen molar-refractivity contribution in [2.24, 2.45) is 0 Å². The summed E-state index contributed by atoms with van der Waals surface area (Å²) in [7, 11) is -4.04. The lowest BCUT2D eigenvalue weighted by atomic mass is 10.2. The zero-order valence-electron chi connectivity index (χ0n) is 11.4. The third-order valence-electron chi connectivity index (χ3n) is 3.27. The lowest BCUT2D eigenvalue weighted by Gasteiger charge is -2.21. The van der Waals surface area contributed by atoms with E-state index in [1.54, 1.807) is 6.07 Å². The number of hydrogen-bond donors (Lipinski definition) is 1. The van der Waals surface area contributed by atoms with Crippen LogP contribution in [-0.2, 0) is 14.8 Å². The minimum Gasteiger partial charge on any atom is -0.363 e. The lowest BCUT2D eigenvalue weighted by Crippen LogP contribution is -2.45. The number of anilines is 1. The molecule has 8 nitrogen and oxygen atoms in total. The third-order valence-corrected chi connectivity index (χ3v) is 5.19. The molecule has 0 aliphatic carbocycles. The van der Waals surface area contributed by atoms with Gasteiger partial charge in [0.15, 0.2) is 5.82 Å². The number of benzene rings is 1. The van der Waals surface area contributed by atoms with Crippen LogP contribution in [0.3, 0.4) is 0 Å². The maximum absolute atomic E-state index is 12.4. The molecule has 114 valence electrons. The normalized spacial score (nSPS) is 17.1. The summed E-state index contributed by atoms with van der Waals surface area (Å²) >= 11 is 0. The van der Waals surface area contributed by atoms with Crippen LogP contribution in [0.2, 0.25) is 0 Å². The van der Waals surface area contributed by atoms with E-state index in [4.69, 9.17) is 0 Å². The Bertz CT molecular complexity index is 844. The molecule has 22 heavy (non-hydrogen) atoms.